The van der Waals surface area contributed by atoms with Crippen LogP contribution in [0.15, 0.2) is 59.8 Å². The third kappa shape index (κ3) is 8.93. The number of aryl methyl sites for hydroxylation is 1. The molecule has 3 aliphatic rings. The Kier molecular flexibility index (Phi) is 10.9. The van der Waals surface area contributed by atoms with E-state index in [-0.39, 0.29) is 31.9 Å². The van der Waals surface area contributed by atoms with Gasteiger partial charge in [0.15, 0.2) is 5.60 Å². The maximum atomic E-state index is 14.5. The molecule has 4 atom stereocenters. The summed E-state index contributed by atoms with van der Waals surface area (Å²) in [6.45, 7) is 9.39. The molecule has 0 unspecified atom stereocenters. The molecule has 1 aliphatic carbocycles. The minimum absolute atomic E-state index is 0.0227. The summed E-state index contributed by atoms with van der Waals surface area (Å²) in [6.07, 6.45) is 2.62. The van der Waals surface area contributed by atoms with Crippen LogP contribution < -0.4 is 10.6 Å². The van der Waals surface area contributed by atoms with Gasteiger partial charge >= 0.3 is 6.09 Å². The largest absolute Gasteiger partial charge is 0.445 e. The number of Topliss-reactive ketones (excluding diaryl/α,β-unsaturated/α-hetero) is 2. The first-order valence-corrected chi connectivity index (χ1v) is 17.3. The molecule has 11 nitrogen and oxygen atoms in total. The van der Waals surface area contributed by atoms with E-state index in [1.54, 1.807) is 0 Å². The molecule has 1 spiro atoms. The van der Waals surface area contributed by atoms with Crippen LogP contribution in [0.25, 0.3) is 0 Å². The van der Waals surface area contributed by atoms with Crippen LogP contribution in [0.5, 0.6) is 0 Å². The summed E-state index contributed by atoms with van der Waals surface area (Å²) in [4.78, 5) is 75.1. The predicted molar refractivity (Wildman–Crippen MR) is 183 cm³/mol. The number of alkyl carbamates (subject to hydrolysis) is 1. The number of amides is 3. The fourth-order valence-corrected chi connectivity index (χ4v) is 6.43. The van der Waals surface area contributed by atoms with Crippen LogP contribution in [0.1, 0.15) is 89.3 Å². The van der Waals surface area contributed by atoms with Gasteiger partial charge in [-0.1, -0.05) is 99.4 Å². The van der Waals surface area contributed by atoms with Crippen molar-refractivity contribution in [3.8, 4) is 0 Å². The maximum absolute atomic E-state index is 14.5. The number of benzene rings is 2. The monoisotopic (exact) mass is 672 g/mol. The van der Waals surface area contributed by atoms with Crippen LogP contribution in [-0.2, 0) is 35.4 Å². The Bertz CT molecular complexity index is 1580. The molecule has 2 heterocycles. The lowest BCUT2D eigenvalue weighted by atomic mass is 9.85. The molecule has 0 aromatic heterocycles. The molecule has 1 saturated carbocycles. The van der Waals surface area contributed by atoms with Crippen molar-refractivity contribution < 1.29 is 33.5 Å². The molecule has 5 rings (SSSR count). The molecule has 0 bridgehead atoms. The van der Waals surface area contributed by atoms with Gasteiger partial charge in [-0.15, -0.1) is 0 Å². The van der Waals surface area contributed by atoms with Crippen molar-refractivity contribution in [1.29, 1.82) is 0 Å². The molecule has 2 aliphatic heterocycles. The topological polar surface area (TPSA) is 143 Å². The fourth-order valence-electron chi connectivity index (χ4n) is 6.43. The van der Waals surface area contributed by atoms with Crippen molar-refractivity contribution in [2.45, 2.75) is 110 Å². The summed E-state index contributed by atoms with van der Waals surface area (Å²) in [5, 5.41) is 9.96. The van der Waals surface area contributed by atoms with Crippen LogP contribution in [0.2, 0.25) is 0 Å². The Hall–Kier alpha value is -4.54. The number of rotatable bonds is 13. The smallest absolute Gasteiger partial charge is 0.408 e. The summed E-state index contributed by atoms with van der Waals surface area (Å²) < 4.78 is 5.45. The highest BCUT2D eigenvalue weighted by Crippen LogP contribution is 2.40. The maximum Gasteiger partial charge on any atom is 0.408 e. The molecular formula is C38H48N4O7. The summed E-state index contributed by atoms with van der Waals surface area (Å²) >= 11 is 0. The minimum atomic E-state index is -1.06. The highest BCUT2D eigenvalue weighted by molar-refractivity contribution is 6.39. The molecule has 2 fully saturated rings. The van der Waals surface area contributed by atoms with E-state index < -0.39 is 58.6 Å². The summed E-state index contributed by atoms with van der Waals surface area (Å²) in [5.41, 5.74) is 1.71. The third-order valence-corrected chi connectivity index (χ3v) is 9.45. The molecule has 11 heteroatoms. The second-order valence-corrected chi connectivity index (χ2v) is 14.8. The first-order valence-electron chi connectivity index (χ1n) is 17.3. The second kappa shape index (κ2) is 14.9. The number of likely N-dealkylation sites (tertiary alicyclic amines) is 1. The number of carbonyl (C=O) groups is 5. The van der Waals surface area contributed by atoms with E-state index in [1.165, 1.54) is 4.90 Å². The molecule has 262 valence electrons. The quantitative estimate of drug-likeness (QED) is 0.285. The van der Waals surface area contributed by atoms with Gasteiger partial charge in [0.25, 0.3) is 0 Å². The first-order chi connectivity index (χ1) is 23.3. The van der Waals surface area contributed by atoms with Gasteiger partial charge < -0.3 is 25.1 Å². The Morgan fingerprint density at radius 1 is 1.02 bits per heavy atom. The summed E-state index contributed by atoms with van der Waals surface area (Å²) in [7, 11) is 0. The SMILES string of the molecule is CCC[C@H](NC(=O)[C@@H]1C[C@]2(CC(c3ccc(C)cc3)=NO2)CN1C(=O)[C@@H](NC(=O)OCc1ccccc1)C(C)(C)C)C(=O)C(=O)CC1CC1. The molecular weight excluding hydrogens is 624 g/mol. The van der Waals surface area contributed by atoms with Crippen molar-refractivity contribution in [3.63, 3.8) is 0 Å². The minimum Gasteiger partial charge on any atom is -0.445 e. The number of nitrogens with one attached hydrogen (secondary N) is 2. The summed E-state index contributed by atoms with van der Waals surface area (Å²) in [5.74, 6) is -1.89. The highest BCUT2D eigenvalue weighted by Gasteiger charge is 2.55. The Morgan fingerprint density at radius 2 is 1.71 bits per heavy atom. The van der Waals surface area contributed by atoms with Gasteiger partial charge in [0, 0.05) is 19.3 Å². The van der Waals surface area contributed by atoms with E-state index in [2.05, 4.69) is 15.8 Å². The van der Waals surface area contributed by atoms with Gasteiger partial charge in [0.2, 0.25) is 23.4 Å². The molecule has 2 N–H and O–H groups in total. The molecule has 1 saturated heterocycles. The van der Waals surface area contributed by atoms with Gasteiger partial charge in [-0.3, -0.25) is 19.2 Å². The van der Waals surface area contributed by atoms with Gasteiger partial charge in [-0.2, -0.15) is 0 Å². The standard InChI is InChI=1S/C38H48N4O7/c1-6-10-28(32(44)31(43)19-25-15-16-25)39-34(45)30-21-38(20-29(41-49-38)27-17-13-24(2)14-18-27)23-42(30)35(46)33(37(3,4)5)40-36(47)48-22-26-11-8-7-9-12-26/h7-9,11-14,17-18,25,28,30,33H,6,10,15-16,19-23H2,1-5H3,(H,39,45)(H,40,47)/t28-,30-,33+,38+/m0/s1. The Morgan fingerprint density at radius 3 is 2.35 bits per heavy atom. The molecule has 3 amide bonds. The van der Waals surface area contributed by atoms with E-state index in [0.717, 1.165) is 29.5 Å². The Labute approximate surface area is 288 Å². The number of carbonyl (C=O) groups excluding carboxylic acids is 5. The van der Waals surface area contributed by atoms with E-state index in [0.29, 0.717) is 25.0 Å². The van der Waals surface area contributed by atoms with E-state index in [9.17, 15) is 24.0 Å². The highest BCUT2D eigenvalue weighted by atomic mass is 16.7. The predicted octanol–water partition coefficient (Wildman–Crippen LogP) is 5.02. The first kappa shape index (κ1) is 35.8. The molecule has 2 aromatic rings. The zero-order valence-electron chi connectivity index (χ0n) is 29.1. The number of hydrogen-bond donors (Lipinski definition) is 2. The zero-order chi connectivity index (χ0) is 35.3. The Balaban J connectivity index is 1.37. The number of oxime groups is 1. The van der Waals surface area contributed by atoms with Crippen LogP contribution in [0.3, 0.4) is 0 Å². The van der Waals surface area contributed by atoms with Gasteiger partial charge in [0.1, 0.15) is 18.7 Å². The lowest BCUT2D eigenvalue weighted by Gasteiger charge is -2.35. The number of ketones is 2. The number of hydrogen-bond acceptors (Lipinski definition) is 8. The third-order valence-electron chi connectivity index (χ3n) is 9.45. The lowest BCUT2D eigenvalue weighted by Crippen LogP contribution is -2.59. The second-order valence-electron chi connectivity index (χ2n) is 14.8. The van der Waals surface area contributed by atoms with Crippen molar-refractivity contribution >= 4 is 35.2 Å². The number of ether oxygens (including phenoxy) is 1. The van der Waals surface area contributed by atoms with E-state index in [1.807, 2.05) is 89.2 Å². The average Bonchev–Trinajstić information content (AvgIpc) is 3.67. The van der Waals surface area contributed by atoms with E-state index in [4.69, 9.17) is 9.57 Å². The van der Waals surface area contributed by atoms with Gasteiger partial charge in [-0.25, -0.2) is 4.79 Å². The van der Waals surface area contributed by atoms with Gasteiger partial charge in [0.05, 0.1) is 18.3 Å². The molecule has 2 aromatic carbocycles. The summed E-state index contributed by atoms with van der Waals surface area (Å²) in [6, 6.07) is 14.0. The normalized spacial score (nSPS) is 21.4. The fraction of sp³-hybridized carbons (Fsp3) is 0.526. The van der Waals surface area contributed by atoms with Crippen molar-refractivity contribution in [2.24, 2.45) is 16.5 Å². The van der Waals surface area contributed by atoms with Crippen LogP contribution in [-0.4, -0.2) is 70.4 Å². The van der Waals surface area contributed by atoms with Crippen LogP contribution >= 0.6 is 0 Å². The lowest BCUT2D eigenvalue weighted by molar-refractivity contribution is -0.144. The van der Waals surface area contributed by atoms with E-state index >= 15 is 0 Å². The van der Waals surface area contributed by atoms with Crippen LogP contribution in [0.4, 0.5) is 4.79 Å². The van der Waals surface area contributed by atoms with Crippen molar-refractivity contribution in [2.75, 3.05) is 6.54 Å². The molecule has 0 radical (unpaired) electrons. The number of nitrogens with zero attached hydrogens (tertiary/aromatic N) is 2. The van der Waals surface area contributed by atoms with Crippen LogP contribution in [0, 0.1) is 18.3 Å². The zero-order valence-corrected chi connectivity index (χ0v) is 29.1. The van der Waals surface area contributed by atoms with Crippen molar-refractivity contribution in [3.05, 3.63) is 71.3 Å². The van der Waals surface area contributed by atoms with Crippen molar-refractivity contribution in [1.82, 2.24) is 15.5 Å². The molecule has 49 heavy (non-hydrogen) atoms. The van der Waals surface area contributed by atoms with Gasteiger partial charge in [-0.05, 0) is 48.6 Å². The average molecular weight is 673 g/mol.